The average Bonchev–Trinajstić information content (AvgIpc) is 2.26. The first-order chi connectivity index (χ1) is 8.33. The van der Waals surface area contributed by atoms with Crippen molar-refractivity contribution in [2.75, 3.05) is 12.0 Å². The summed E-state index contributed by atoms with van der Waals surface area (Å²) < 4.78 is 0. The lowest BCUT2D eigenvalue weighted by Gasteiger charge is -2.47. The second-order valence-corrected chi connectivity index (χ2v) is 9.69. The van der Waals surface area contributed by atoms with Gasteiger partial charge in [0.05, 0.1) is 0 Å². The van der Waals surface area contributed by atoms with Crippen molar-refractivity contribution >= 4 is 11.8 Å². The lowest BCUT2D eigenvalue weighted by atomic mass is 9.59. The fourth-order valence-electron chi connectivity index (χ4n) is 2.34. The SMILES string of the molecule is CCC(C)(C)C(C)(C)CCC(C)(C)C(C)(C)CSC. The van der Waals surface area contributed by atoms with Crippen LogP contribution in [0.5, 0.6) is 0 Å². The Bertz CT molecular complexity index is 271. The van der Waals surface area contributed by atoms with E-state index < -0.39 is 0 Å². The minimum atomic E-state index is 0.400. The molecule has 116 valence electrons. The van der Waals surface area contributed by atoms with Crippen molar-refractivity contribution in [3.05, 3.63) is 0 Å². The summed E-state index contributed by atoms with van der Waals surface area (Å²) in [5.41, 5.74) is 1.64. The van der Waals surface area contributed by atoms with E-state index in [9.17, 15) is 0 Å². The van der Waals surface area contributed by atoms with Crippen molar-refractivity contribution in [3.63, 3.8) is 0 Å². The van der Waals surface area contributed by atoms with Gasteiger partial charge in [0.1, 0.15) is 0 Å². The van der Waals surface area contributed by atoms with Crippen LogP contribution in [0, 0.1) is 21.7 Å². The Morgan fingerprint density at radius 2 is 1.00 bits per heavy atom. The molecular weight excluding hydrogens is 248 g/mol. The molecule has 0 bridgehead atoms. The van der Waals surface area contributed by atoms with Gasteiger partial charge in [0.15, 0.2) is 0 Å². The second-order valence-electron chi connectivity index (χ2n) is 8.82. The smallest absolute Gasteiger partial charge is 0.00138 e. The Labute approximate surface area is 127 Å². The molecule has 0 aliphatic carbocycles. The lowest BCUT2D eigenvalue weighted by molar-refractivity contribution is 0.0474. The maximum absolute atomic E-state index is 2.46. The van der Waals surface area contributed by atoms with Crippen LogP contribution >= 0.6 is 11.8 Å². The van der Waals surface area contributed by atoms with Gasteiger partial charge in [-0.1, -0.05) is 68.7 Å². The topological polar surface area (TPSA) is 0 Å². The Hall–Kier alpha value is 0.350. The van der Waals surface area contributed by atoms with Gasteiger partial charge in [-0.2, -0.15) is 11.8 Å². The van der Waals surface area contributed by atoms with Crippen LogP contribution in [-0.2, 0) is 0 Å². The molecule has 0 aromatic carbocycles. The molecule has 0 saturated heterocycles. The second kappa shape index (κ2) is 6.41. The van der Waals surface area contributed by atoms with Crippen LogP contribution in [0.2, 0.25) is 0 Å². The molecule has 0 N–H and O–H groups in total. The van der Waals surface area contributed by atoms with Crippen LogP contribution in [0.25, 0.3) is 0 Å². The van der Waals surface area contributed by atoms with Gasteiger partial charge in [-0.3, -0.25) is 0 Å². The summed E-state index contributed by atoms with van der Waals surface area (Å²) in [6, 6.07) is 0. The summed E-state index contributed by atoms with van der Waals surface area (Å²) >= 11 is 1.98. The van der Waals surface area contributed by atoms with Gasteiger partial charge in [0, 0.05) is 0 Å². The quantitative estimate of drug-likeness (QED) is 0.481. The molecule has 0 aromatic rings. The molecule has 0 heterocycles. The standard InChI is InChI=1S/C18H38S/c1-11-15(2,3)16(4,5)12-13-17(6,7)18(8,9)14-19-10/h11-14H2,1-10H3. The van der Waals surface area contributed by atoms with Crippen molar-refractivity contribution in [2.45, 2.75) is 81.6 Å². The molecule has 0 atom stereocenters. The molecule has 0 nitrogen and oxygen atoms in total. The van der Waals surface area contributed by atoms with Crippen molar-refractivity contribution in [3.8, 4) is 0 Å². The highest BCUT2D eigenvalue weighted by Gasteiger charge is 2.40. The molecule has 0 saturated carbocycles. The summed E-state index contributed by atoms with van der Waals surface area (Å²) in [6.07, 6.45) is 6.12. The molecule has 0 radical (unpaired) electrons. The van der Waals surface area contributed by atoms with Gasteiger partial charge in [0.2, 0.25) is 0 Å². The highest BCUT2D eigenvalue weighted by Crippen LogP contribution is 2.50. The minimum Gasteiger partial charge on any atom is -0.165 e. The first-order valence-electron chi connectivity index (χ1n) is 7.82. The fraction of sp³-hybridized carbons (Fsp3) is 1.00. The predicted octanol–water partition coefficient (Wildman–Crippen LogP) is 6.64. The molecule has 0 aliphatic rings. The summed E-state index contributed by atoms with van der Waals surface area (Å²) in [6.45, 7) is 21.9. The fourth-order valence-corrected chi connectivity index (χ4v) is 3.45. The Morgan fingerprint density at radius 1 is 0.632 bits per heavy atom. The van der Waals surface area contributed by atoms with Crippen molar-refractivity contribution in [1.82, 2.24) is 0 Å². The van der Waals surface area contributed by atoms with Crippen LogP contribution in [0.3, 0.4) is 0 Å². The molecule has 19 heavy (non-hydrogen) atoms. The van der Waals surface area contributed by atoms with Gasteiger partial charge < -0.3 is 0 Å². The van der Waals surface area contributed by atoms with Crippen LogP contribution in [0.4, 0.5) is 0 Å². The summed E-state index contributed by atoms with van der Waals surface area (Å²) in [5, 5.41) is 0. The van der Waals surface area contributed by atoms with E-state index in [1.54, 1.807) is 0 Å². The van der Waals surface area contributed by atoms with E-state index in [1.165, 1.54) is 25.0 Å². The Kier molecular flexibility index (Phi) is 6.53. The van der Waals surface area contributed by atoms with Gasteiger partial charge in [0.25, 0.3) is 0 Å². The van der Waals surface area contributed by atoms with Crippen molar-refractivity contribution < 1.29 is 0 Å². The number of hydrogen-bond donors (Lipinski definition) is 0. The third-order valence-corrected chi connectivity index (χ3v) is 7.44. The van der Waals surface area contributed by atoms with E-state index in [2.05, 4.69) is 68.6 Å². The van der Waals surface area contributed by atoms with E-state index in [-0.39, 0.29) is 0 Å². The molecule has 0 aromatic heterocycles. The number of thioether (sulfide) groups is 1. The molecule has 0 amide bonds. The van der Waals surface area contributed by atoms with Gasteiger partial charge >= 0.3 is 0 Å². The van der Waals surface area contributed by atoms with Gasteiger partial charge in [-0.15, -0.1) is 0 Å². The zero-order valence-electron chi connectivity index (χ0n) is 15.2. The van der Waals surface area contributed by atoms with E-state index in [1.807, 2.05) is 11.8 Å². The largest absolute Gasteiger partial charge is 0.165 e. The van der Waals surface area contributed by atoms with E-state index in [0.29, 0.717) is 21.7 Å². The van der Waals surface area contributed by atoms with Crippen molar-refractivity contribution in [1.29, 1.82) is 0 Å². The van der Waals surface area contributed by atoms with Gasteiger partial charge in [-0.05, 0) is 46.5 Å². The van der Waals surface area contributed by atoms with Crippen LogP contribution in [0.15, 0.2) is 0 Å². The third-order valence-electron chi connectivity index (χ3n) is 6.43. The predicted molar refractivity (Wildman–Crippen MR) is 93.0 cm³/mol. The molecule has 0 unspecified atom stereocenters. The average molecular weight is 287 g/mol. The van der Waals surface area contributed by atoms with E-state index in [4.69, 9.17) is 0 Å². The molecule has 0 fully saturated rings. The maximum atomic E-state index is 2.46. The molecule has 0 aliphatic heterocycles. The summed E-state index contributed by atoms with van der Waals surface area (Å²) in [7, 11) is 0. The first-order valence-corrected chi connectivity index (χ1v) is 9.21. The molecule has 1 heteroatoms. The van der Waals surface area contributed by atoms with Crippen molar-refractivity contribution in [2.24, 2.45) is 21.7 Å². The highest BCUT2D eigenvalue weighted by atomic mass is 32.2. The number of hydrogen-bond acceptors (Lipinski definition) is 1. The Morgan fingerprint density at radius 3 is 1.32 bits per heavy atom. The zero-order valence-corrected chi connectivity index (χ0v) is 16.1. The third kappa shape index (κ3) is 4.69. The minimum absolute atomic E-state index is 0.400. The number of rotatable bonds is 8. The Balaban J connectivity index is 4.80. The molecular formula is C18H38S. The summed E-state index contributed by atoms with van der Waals surface area (Å²) in [5.74, 6) is 1.25. The maximum Gasteiger partial charge on any atom is -0.00138 e. The lowest BCUT2D eigenvalue weighted by Crippen LogP contribution is -2.38. The van der Waals surface area contributed by atoms with Crippen LogP contribution < -0.4 is 0 Å². The zero-order chi connectivity index (χ0) is 15.5. The summed E-state index contributed by atoms with van der Waals surface area (Å²) in [4.78, 5) is 0. The monoisotopic (exact) mass is 286 g/mol. The first kappa shape index (κ1) is 19.4. The van der Waals surface area contributed by atoms with Crippen LogP contribution in [0.1, 0.15) is 81.6 Å². The van der Waals surface area contributed by atoms with Gasteiger partial charge in [-0.25, -0.2) is 0 Å². The molecule has 0 spiro atoms. The van der Waals surface area contributed by atoms with E-state index >= 15 is 0 Å². The molecule has 0 rings (SSSR count). The highest BCUT2D eigenvalue weighted by molar-refractivity contribution is 7.98. The van der Waals surface area contributed by atoms with E-state index in [0.717, 1.165) is 0 Å². The van der Waals surface area contributed by atoms with Crippen LogP contribution in [-0.4, -0.2) is 12.0 Å². The normalized spacial score (nSPS) is 14.8.